The molecular weight excluding hydrogens is 378 g/mol. The van der Waals surface area contributed by atoms with Crippen LogP contribution in [0.5, 0.6) is 11.5 Å². The van der Waals surface area contributed by atoms with Crippen LogP contribution in [0.4, 0.5) is 5.69 Å². The van der Waals surface area contributed by atoms with Gasteiger partial charge in [0.05, 0.1) is 19.1 Å². The summed E-state index contributed by atoms with van der Waals surface area (Å²) in [5.74, 6) is -0.329. The number of phenols is 1. The average molecular weight is 397 g/mol. The highest BCUT2D eigenvalue weighted by molar-refractivity contribution is 8.18. The number of hydrogen-bond donors (Lipinski definition) is 2. The Hall–Kier alpha value is -3.19. The summed E-state index contributed by atoms with van der Waals surface area (Å²) in [5, 5.41) is 21.1. The average Bonchev–Trinajstić information content (AvgIpc) is 2.99. The monoisotopic (exact) mass is 397 g/mol. The molecule has 0 unspecified atom stereocenters. The second-order valence-corrected chi connectivity index (χ2v) is 7.01. The molecule has 0 saturated heterocycles. The Balaban J connectivity index is 2.09. The molecule has 1 aliphatic rings. The number of aliphatic hydroxyl groups is 1. The zero-order valence-electron chi connectivity index (χ0n) is 15.6. The van der Waals surface area contributed by atoms with Crippen LogP contribution in [-0.4, -0.2) is 35.4 Å². The molecule has 0 saturated carbocycles. The van der Waals surface area contributed by atoms with Gasteiger partial charge in [0, 0.05) is 5.56 Å². The van der Waals surface area contributed by atoms with Crippen molar-refractivity contribution in [2.45, 2.75) is 6.92 Å². The lowest BCUT2D eigenvalue weighted by atomic mass is 10.1. The van der Waals surface area contributed by atoms with Gasteiger partial charge in [0.25, 0.3) is 0 Å². The summed E-state index contributed by atoms with van der Waals surface area (Å²) < 4.78 is 10.1. The lowest BCUT2D eigenvalue weighted by molar-refractivity contribution is -0.135. The second kappa shape index (κ2) is 8.22. The van der Waals surface area contributed by atoms with E-state index < -0.39 is 5.97 Å². The number of esters is 1. The number of aryl methyl sites for hydroxylation is 1. The number of rotatable bonds is 4. The highest BCUT2D eigenvalue weighted by Gasteiger charge is 2.33. The van der Waals surface area contributed by atoms with Gasteiger partial charge in [-0.05, 0) is 36.8 Å². The fourth-order valence-corrected chi connectivity index (χ4v) is 3.66. The third kappa shape index (κ3) is 3.89. The molecule has 144 valence electrons. The van der Waals surface area contributed by atoms with Crippen LogP contribution in [0, 0.1) is 6.92 Å². The number of hydrogen-bond acceptors (Lipinski definition) is 7. The molecule has 0 radical (unpaired) electrons. The van der Waals surface area contributed by atoms with Crippen molar-refractivity contribution in [3.8, 4) is 11.5 Å². The van der Waals surface area contributed by atoms with E-state index in [4.69, 9.17) is 9.47 Å². The summed E-state index contributed by atoms with van der Waals surface area (Å²) in [7, 11) is 2.77. The van der Waals surface area contributed by atoms with E-state index in [1.54, 1.807) is 36.4 Å². The molecule has 0 amide bonds. The van der Waals surface area contributed by atoms with E-state index in [1.165, 1.54) is 14.2 Å². The molecule has 7 heteroatoms. The van der Waals surface area contributed by atoms with Crippen LogP contribution in [0.2, 0.25) is 0 Å². The highest BCUT2D eigenvalue weighted by atomic mass is 32.2. The van der Waals surface area contributed by atoms with E-state index in [0.717, 1.165) is 17.3 Å². The number of carbonyl (C=O) groups is 1. The zero-order chi connectivity index (χ0) is 20.3. The van der Waals surface area contributed by atoms with Crippen molar-refractivity contribution in [2.24, 2.45) is 4.99 Å². The van der Waals surface area contributed by atoms with Gasteiger partial charge in [0.1, 0.15) is 33.6 Å². The summed E-state index contributed by atoms with van der Waals surface area (Å²) in [6.45, 7) is 1.87. The topological polar surface area (TPSA) is 88.4 Å². The summed E-state index contributed by atoms with van der Waals surface area (Å²) in [4.78, 5) is 17.1. The Bertz CT molecular complexity index is 1020. The minimum Gasteiger partial charge on any atom is -0.507 e. The molecule has 0 fully saturated rings. The van der Waals surface area contributed by atoms with Crippen LogP contribution >= 0.6 is 11.8 Å². The Morgan fingerprint density at radius 2 is 1.89 bits per heavy atom. The maximum absolute atomic E-state index is 12.2. The van der Waals surface area contributed by atoms with Crippen LogP contribution < -0.4 is 4.74 Å². The second-order valence-electron chi connectivity index (χ2n) is 5.98. The summed E-state index contributed by atoms with van der Waals surface area (Å²) in [6, 6.07) is 12.3. The summed E-state index contributed by atoms with van der Waals surface area (Å²) >= 11 is 1.11. The van der Waals surface area contributed by atoms with Crippen LogP contribution in [0.1, 0.15) is 11.1 Å². The third-order valence-electron chi connectivity index (χ3n) is 4.06. The quantitative estimate of drug-likeness (QED) is 0.738. The maximum atomic E-state index is 12.2. The molecule has 0 aliphatic carbocycles. The normalized spacial score (nSPS) is 16.7. The van der Waals surface area contributed by atoms with E-state index in [0.29, 0.717) is 21.9 Å². The number of thioether (sulfide) groups is 1. The number of nitrogens with zero attached hydrogens (tertiary/aromatic N) is 1. The maximum Gasteiger partial charge on any atom is 0.344 e. The van der Waals surface area contributed by atoms with Gasteiger partial charge in [0.2, 0.25) is 0 Å². The molecule has 3 rings (SSSR count). The van der Waals surface area contributed by atoms with E-state index in [1.807, 2.05) is 19.1 Å². The number of aromatic hydroxyl groups is 1. The zero-order valence-corrected chi connectivity index (χ0v) is 16.4. The van der Waals surface area contributed by atoms with Gasteiger partial charge >= 0.3 is 5.97 Å². The van der Waals surface area contributed by atoms with E-state index in [2.05, 4.69) is 4.99 Å². The smallest absolute Gasteiger partial charge is 0.344 e. The first-order valence-corrected chi connectivity index (χ1v) is 9.19. The molecule has 28 heavy (non-hydrogen) atoms. The largest absolute Gasteiger partial charge is 0.507 e. The molecule has 1 aliphatic heterocycles. The van der Waals surface area contributed by atoms with Gasteiger partial charge in [-0.25, -0.2) is 9.79 Å². The van der Waals surface area contributed by atoms with E-state index >= 15 is 0 Å². The molecule has 0 aromatic heterocycles. The lowest BCUT2D eigenvalue weighted by Crippen LogP contribution is -2.10. The number of para-hydroxylation sites is 2. The minimum atomic E-state index is -0.699. The van der Waals surface area contributed by atoms with Crippen molar-refractivity contribution >= 4 is 34.5 Å². The van der Waals surface area contributed by atoms with Gasteiger partial charge < -0.3 is 19.7 Å². The predicted molar refractivity (Wildman–Crippen MR) is 110 cm³/mol. The van der Waals surface area contributed by atoms with Gasteiger partial charge in [-0.15, -0.1) is 0 Å². The number of methoxy groups -OCH3 is 2. The van der Waals surface area contributed by atoms with Crippen LogP contribution in [0.25, 0.3) is 6.08 Å². The minimum absolute atomic E-state index is 0.0312. The molecule has 2 N–H and O–H groups in total. The first-order valence-electron chi connectivity index (χ1n) is 8.37. The summed E-state index contributed by atoms with van der Waals surface area (Å²) in [6.07, 6.45) is 1.60. The molecule has 2 aromatic rings. The highest BCUT2D eigenvalue weighted by Crippen LogP contribution is 2.42. The van der Waals surface area contributed by atoms with Crippen LogP contribution in [-0.2, 0) is 9.53 Å². The van der Waals surface area contributed by atoms with Crippen LogP contribution in [0.3, 0.4) is 0 Å². The number of aliphatic hydroxyl groups excluding tert-OH is 1. The van der Waals surface area contributed by atoms with Gasteiger partial charge in [0.15, 0.2) is 0 Å². The SMILES string of the molecule is COC(=O)C1=C(O)/C(=C\c2ccc(C)cc2O)SC1=Nc1ccccc1OC. The standard InChI is InChI=1S/C21H19NO5S/c1-12-8-9-13(15(23)10-12)11-17-19(24)18(21(25)27-3)20(28-17)22-14-6-4-5-7-16(14)26-2/h4-11,23-24H,1-3H3/b17-11+,22-20?. The van der Waals surface area contributed by atoms with E-state index in [-0.39, 0.29) is 22.1 Å². The number of carbonyl (C=O) groups excluding carboxylic acids is 1. The van der Waals surface area contributed by atoms with Crippen molar-refractivity contribution in [3.63, 3.8) is 0 Å². The Morgan fingerprint density at radius 3 is 2.57 bits per heavy atom. The fraction of sp³-hybridized carbons (Fsp3) is 0.143. The number of ether oxygens (including phenoxy) is 2. The van der Waals surface area contributed by atoms with Gasteiger partial charge in [-0.2, -0.15) is 0 Å². The molecular formula is C21H19NO5S. The molecule has 1 heterocycles. The van der Waals surface area contributed by atoms with Gasteiger partial charge in [-0.1, -0.05) is 36.0 Å². The molecule has 0 bridgehead atoms. The molecule has 2 aromatic carbocycles. The van der Waals surface area contributed by atoms with Crippen molar-refractivity contribution < 1.29 is 24.5 Å². The first kappa shape index (κ1) is 19.6. The Kier molecular flexibility index (Phi) is 5.75. The van der Waals surface area contributed by atoms with E-state index in [9.17, 15) is 15.0 Å². The Morgan fingerprint density at radius 1 is 1.14 bits per heavy atom. The van der Waals surface area contributed by atoms with Crippen LogP contribution in [0.15, 0.2) is 63.7 Å². The van der Waals surface area contributed by atoms with Crippen molar-refractivity contribution in [2.75, 3.05) is 14.2 Å². The number of benzene rings is 2. The Labute approximate surface area is 166 Å². The van der Waals surface area contributed by atoms with Crippen molar-refractivity contribution in [1.82, 2.24) is 0 Å². The molecule has 0 spiro atoms. The number of phenolic OH excluding ortho intramolecular Hbond substituents is 1. The molecule has 0 atom stereocenters. The molecule has 6 nitrogen and oxygen atoms in total. The third-order valence-corrected chi connectivity index (χ3v) is 5.08. The summed E-state index contributed by atoms with van der Waals surface area (Å²) in [5.41, 5.74) is 1.91. The predicted octanol–water partition coefficient (Wildman–Crippen LogP) is 4.51. The van der Waals surface area contributed by atoms with Crippen molar-refractivity contribution in [1.29, 1.82) is 0 Å². The number of aliphatic imine (C=N–C) groups is 1. The van der Waals surface area contributed by atoms with Gasteiger partial charge in [-0.3, -0.25) is 0 Å². The lowest BCUT2D eigenvalue weighted by Gasteiger charge is -2.05. The van der Waals surface area contributed by atoms with Crippen molar-refractivity contribution in [3.05, 3.63) is 69.8 Å². The first-order chi connectivity index (χ1) is 13.4. The fourth-order valence-electron chi connectivity index (χ4n) is 2.64.